The molecule has 3 rings (SSSR count). The Bertz CT molecular complexity index is 524. The Morgan fingerprint density at radius 3 is 2.87 bits per heavy atom. The van der Waals surface area contributed by atoms with Crippen LogP contribution in [0.2, 0.25) is 0 Å². The topological polar surface area (TPSA) is 30.2 Å². The van der Waals surface area contributed by atoms with Gasteiger partial charge in [0.05, 0.1) is 5.56 Å². The third-order valence-electron chi connectivity index (χ3n) is 3.19. The summed E-state index contributed by atoms with van der Waals surface area (Å²) in [5.74, 6) is 1.02. The predicted octanol–water partition coefficient (Wildman–Crippen LogP) is 3.27. The summed E-state index contributed by atoms with van der Waals surface area (Å²) >= 11 is 0. The number of carbonyl (C=O) groups is 1. The summed E-state index contributed by atoms with van der Waals surface area (Å²) in [5, 5.41) is 0.946. The van der Waals surface area contributed by atoms with Crippen molar-refractivity contribution in [2.45, 2.75) is 13.3 Å². The minimum absolute atomic E-state index is 0.228. The average Bonchev–Trinajstić information content (AvgIpc) is 2.83. The van der Waals surface area contributed by atoms with Crippen LogP contribution in [0, 0.1) is 11.8 Å². The fourth-order valence-electron chi connectivity index (χ4n) is 2.06. The van der Waals surface area contributed by atoms with Crippen LogP contribution in [0.4, 0.5) is 0 Å². The molecule has 2 nitrogen and oxygen atoms in total. The summed E-state index contributed by atoms with van der Waals surface area (Å²) < 4.78 is 5.36. The highest BCUT2D eigenvalue weighted by Crippen LogP contribution is 2.41. The Balaban J connectivity index is 2.07. The van der Waals surface area contributed by atoms with Crippen LogP contribution in [0.25, 0.3) is 11.0 Å². The van der Waals surface area contributed by atoms with Crippen LogP contribution in [0.15, 0.2) is 34.9 Å². The fraction of sp³-hybridized carbons (Fsp3) is 0.308. The Hall–Kier alpha value is -1.57. The van der Waals surface area contributed by atoms with Gasteiger partial charge in [0.1, 0.15) is 11.8 Å². The average molecular weight is 200 g/mol. The van der Waals surface area contributed by atoms with E-state index in [0.717, 1.165) is 23.0 Å². The van der Waals surface area contributed by atoms with Crippen LogP contribution < -0.4 is 0 Å². The zero-order chi connectivity index (χ0) is 10.4. The van der Waals surface area contributed by atoms with Crippen molar-refractivity contribution in [3.05, 3.63) is 36.1 Å². The van der Waals surface area contributed by atoms with Gasteiger partial charge >= 0.3 is 0 Å². The molecule has 2 atom stereocenters. The van der Waals surface area contributed by atoms with Crippen LogP contribution >= 0.6 is 0 Å². The lowest BCUT2D eigenvalue weighted by Gasteiger charge is -1.94. The highest BCUT2D eigenvalue weighted by atomic mass is 16.3. The van der Waals surface area contributed by atoms with Gasteiger partial charge in [0, 0.05) is 11.3 Å². The highest BCUT2D eigenvalue weighted by Gasteiger charge is 2.40. The second-order valence-electron chi connectivity index (χ2n) is 4.33. The molecule has 1 aliphatic rings. The Labute approximate surface area is 87.9 Å². The largest absolute Gasteiger partial charge is 0.464 e. The molecule has 0 saturated heterocycles. The third kappa shape index (κ3) is 1.29. The van der Waals surface area contributed by atoms with E-state index in [2.05, 4.69) is 6.92 Å². The first-order chi connectivity index (χ1) is 7.27. The third-order valence-corrected chi connectivity index (χ3v) is 3.19. The lowest BCUT2D eigenvalue weighted by atomic mass is 10.1. The van der Waals surface area contributed by atoms with Crippen molar-refractivity contribution in [1.82, 2.24) is 0 Å². The summed E-state index contributed by atoms with van der Waals surface area (Å²) in [6, 6.07) is 7.69. The van der Waals surface area contributed by atoms with Gasteiger partial charge in [-0.1, -0.05) is 25.1 Å². The second kappa shape index (κ2) is 2.96. The number of para-hydroxylation sites is 1. The van der Waals surface area contributed by atoms with Crippen LogP contribution in [-0.4, -0.2) is 5.78 Å². The van der Waals surface area contributed by atoms with E-state index in [9.17, 15) is 4.79 Å². The molecule has 1 aromatic heterocycles. The molecule has 0 bridgehead atoms. The van der Waals surface area contributed by atoms with Crippen molar-refractivity contribution in [1.29, 1.82) is 0 Å². The molecule has 2 unspecified atom stereocenters. The molecule has 0 N–H and O–H groups in total. The Kier molecular flexibility index (Phi) is 1.72. The molecule has 1 heterocycles. The molecular weight excluding hydrogens is 188 g/mol. The number of ketones is 1. The van der Waals surface area contributed by atoms with E-state index in [4.69, 9.17) is 4.42 Å². The molecule has 15 heavy (non-hydrogen) atoms. The molecule has 1 saturated carbocycles. The highest BCUT2D eigenvalue weighted by molar-refractivity contribution is 6.09. The normalized spacial score (nSPS) is 24.3. The molecule has 2 heteroatoms. The van der Waals surface area contributed by atoms with Crippen LogP contribution in [0.3, 0.4) is 0 Å². The summed E-state index contributed by atoms with van der Waals surface area (Å²) in [6.45, 7) is 2.12. The maximum atomic E-state index is 12.0. The maximum absolute atomic E-state index is 12.0. The van der Waals surface area contributed by atoms with Crippen molar-refractivity contribution < 1.29 is 9.21 Å². The minimum atomic E-state index is 0.228. The molecule has 0 amide bonds. The number of fused-ring (bicyclic) bond motifs is 1. The summed E-state index contributed by atoms with van der Waals surface area (Å²) in [4.78, 5) is 12.0. The lowest BCUT2D eigenvalue weighted by Crippen LogP contribution is -2.01. The van der Waals surface area contributed by atoms with Gasteiger partial charge in [-0.2, -0.15) is 0 Å². The fourth-order valence-corrected chi connectivity index (χ4v) is 2.06. The van der Waals surface area contributed by atoms with E-state index in [0.29, 0.717) is 5.92 Å². The predicted molar refractivity (Wildman–Crippen MR) is 57.8 cm³/mol. The van der Waals surface area contributed by atoms with Crippen molar-refractivity contribution in [2.24, 2.45) is 11.8 Å². The quantitative estimate of drug-likeness (QED) is 0.696. The molecule has 2 aromatic rings. The number of furan rings is 1. The molecule has 1 fully saturated rings. The molecule has 0 radical (unpaired) electrons. The zero-order valence-electron chi connectivity index (χ0n) is 8.57. The molecule has 0 aliphatic heterocycles. The van der Waals surface area contributed by atoms with Gasteiger partial charge in [-0.3, -0.25) is 4.79 Å². The van der Waals surface area contributed by atoms with Gasteiger partial charge in [0.15, 0.2) is 5.78 Å². The number of benzene rings is 1. The molecule has 0 spiro atoms. The Morgan fingerprint density at radius 1 is 1.40 bits per heavy atom. The maximum Gasteiger partial charge on any atom is 0.170 e. The van der Waals surface area contributed by atoms with E-state index in [1.807, 2.05) is 24.3 Å². The van der Waals surface area contributed by atoms with Crippen LogP contribution in [0.5, 0.6) is 0 Å². The van der Waals surface area contributed by atoms with Crippen molar-refractivity contribution >= 4 is 16.8 Å². The van der Waals surface area contributed by atoms with Crippen molar-refractivity contribution in [2.75, 3.05) is 0 Å². The minimum Gasteiger partial charge on any atom is -0.464 e. The standard InChI is InChI=1S/C13H12O2/c1-8-6-10(8)13(14)11-7-15-12-5-3-2-4-9(11)12/h2-5,7-8,10H,6H2,1H3. The van der Waals surface area contributed by atoms with E-state index >= 15 is 0 Å². The lowest BCUT2D eigenvalue weighted by molar-refractivity contribution is 0.0963. The summed E-state index contributed by atoms with van der Waals surface area (Å²) in [6.07, 6.45) is 2.62. The van der Waals surface area contributed by atoms with E-state index in [1.165, 1.54) is 0 Å². The first-order valence-corrected chi connectivity index (χ1v) is 5.28. The van der Waals surface area contributed by atoms with Crippen LogP contribution in [0.1, 0.15) is 23.7 Å². The number of carbonyl (C=O) groups excluding carboxylic acids is 1. The number of hydrogen-bond acceptors (Lipinski definition) is 2. The number of hydrogen-bond donors (Lipinski definition) is 0. The molecule has 1 aliphatic carbocycles. The Morgan fingerprint density at radius 2 is 2.13 bits per heavy atom. The van der Waals surface area contributed by atoms with Crippen molar-refractivity contribution in [3.63, 3.8) is 0 Å². The van der Waals surface area contributed by atoms with Gasteiger partial charge in [0.2, 0.25) is 0 Å². The van der Waals surface area contributed by atoms with E-state index in [-0.39, 0.29) is 11.7 Å². The van der Waals surface area contributed by atoms with Crippen LogP contribution in [-0.2, 0) is 0 Å². The monoisotopic (exact) mass is 200 g/mol. The smallest absolute Gasteiger partial charge is 0.170 e. The summed E-state index contributed by atoms with van der Waals surface area (Å²) in [5.41, 5.74) is 1.55. The number of Topliss-reactive ketones (excluding diaryl/α,β-unsaturated/α-hetero) is 1. The number of rotatable bonds is 2. The first-order valence-electron chi connectivity index (χ1n) is 5.28. The second-order valence-corrected chi connectivity index (χ2v) is 4.33. The summed E-state index contributed by atoms with van der Waals surface area (Å²) in [7, 11) is 0. The zero-order valence-corrected chi connectivity index (χ0v) is 8.57. The van der Waals surface area contributed by atoms with E-state index < -0.39 is 0 Å². The van der Waals surface area contributed by atoms with Gasteiger partial charge in [-0.25, -0.2) is 0 Å². The molecule has 1 aromatic carbocycles. The van der Waals surface area contributed by atoms with Crippen molar-refractivity contribution in [3.8, 4) is 0 Å². The van der Waals surface area contributed by atoms with E-state index in [1.54, 1.807) is 6.26 Å². The molecule has 76 valence electrons. The van der Waals surface area contributed by atoms with Gasteiger partial charge in [-0.05, 0) is 18.4 Å². The molecular formula is C13H12O2. The van der Waals surface area contributed by atoms with Gasteiger partial charge < -0.3 is 4.42 Å². The van der Waals surface area contributed by atoms with Gasteiger partial charge in [0.25, 0.3) is 0 Å². The van der Waals surface area contributed by atoms with Gasteiger partial charge in [-0.15, -0.1) is 0 Å². The SMILES string of the molecule is CC1CC1C(=O)c1coc2ccccc12. The first kappa shape index (κ1) is 8.72.